The number of nitrogens with zero attached hydrogens (tertiary/aromatic N) is 4. The van der Waals surface area contributed by atoms with E-state index in [0.717, 1.165) is 26.6 Å². The van der Waals surface area contributed by atoms with E-state index in [2.05, 4.69) is 10.2 Å². The second-order valence-corrected chi connectivity index (χ2v) is 9.03. The van der Waals surface area contributed by atoms with E-state index in [1.165, 1.54) is 24.4 Å². The van der Waals surface area contributed by atoms with E-state index in [0.29, 0.717) is 21.7 Å². The van der Waals surface area contributed by atoms with Crippen molar-refractivity contribution in [2.24, 2.45) is 0 Å². The fourth-order valence-electron chi connectivity index (χ4n) is 3.11. The second-order valence-electron chi connectivity index (χ2n) is 8.22. The Kier molecular flexibility index (Phi) is 7.96. The first kappa shape index (κ1) is 27.0. The summed E-state index contributed by atoms with van der Waals surface area (Å²) in [6, 6.07) is 5.06. The highest BCUT2D eigenvalue weighted by atomic mass is 35.5. The largest absolute Gasteiger partial charge is 0.397 e. The Balaban J connectivity index is 0.000000201. The number of aryl methyl sites for hydroxylation is 3. The number of anilines is 1. The van der Waals surface area contributed by atoms with Gasteiger partial charge in [0.15, 0.2) is 11.6 Å². The van der Waals surface area contributed by atoms with Crippen LogP contribution in [0.4, 0.5) is 14.5 Å². The first-order valence-electron chi connectivity index (χ1n) is 10.7. The van der Waals surface area contributed by atoms with Gasteiger partial charge in [-0.3, -0.25) is 9.59 Å². The summed E-state index contributed by atoms with van der Waals surface area (Å²) in [5, 5.41) is 8.30. The maximum Gasteiger partial charge on any atom is 0.274 e. The lowest BCUT2D eigenvalue weighted by atomic mass is 10.2. The molecule has 11 heteroatoms. The molecule has 0 saturated carbocycles. The van der Waals surface area contributed by atoms with Crippen LogP contribution < -0.4 is 16.9 Å². The zero-order valence-electron chi connectivity index (χ0n) is 20.2. The first-order valence-corrected chi connectivity index (χ1v) is 11.4. The van der Waals surface area contributed by atoms with Gasteiger partial charge in [-0.25, -0.2) is 8.78 Å². The number of benzene rings is 2. The van der Waals surface area contributed by atoms with Gasteiger partial charge in [-0.2, -0.15) is 19.6 Å². The number of nitrogens with two attached hydrogens (primary N) is 1. The number of rotatable bonds is 2. The molecule has 0 bridgehead atoms. The molecule has 36 heavy (non-hydrogen) atoms. The molecule has 0 fully saturated rings. The van der Waals surface area contributed by atoms with Crippen molar-refractivity contribution in [2.45, 2.75) is 34.6 Å². The van der Waals surface area contributed by atoms with E-state index in [1.807, 2.05) is 0 Å². The summed E-state index contributed by atoms with van der Waals surface area (Å²) in [5.74, 6) is -1.21. The van der Waals surface area contributed by atoms with Gasteiger partial charge in [-0.05, 0) is 75.6 Å². The SMILES string of the molecule is Cc1cc(-n2ncc(C)c(C)c2=O)c(F)cc1Cl.Cc1cnn(-c2cc(N)c(Cl)cc2F)c(=O)c1C. The molecule has 4 aromatic rings. The maximum atomic E-state index is 13.8. The van der Waals surface area contributed by atoms with Crippen molar-refractivity contribution in [1.82, 2.24) is 19.6 Å². The van der Waals surface area contributed by atoms with Crippen molar-refractivity contribution in [2.75, 3.05) is 5.73 Å². The van der Waals surface area contributed by atoms with Crippen LogP contribution in [0.15, 0.2) is 46.2 Å². The topological polar surface area (TPSA) is 95.8 Å². The minimum absolute atomic E-state index is 0.00926. The molecule has 0 aliphatic heterocycles. The molecule has 188 valence electrons. The first-order chi connectivity index (χ1) is 16.8. The van der Waals surface area contributed by atoms with Crippen LogP contribution in [-0.2, 0) is 0 Å². The zero-order chi connectivity index (χ0) is 26.9. The van der Waals surface area contributed by atoms with E-state index >= 15 is 0 Å². The number of aromatic nitrogens is 4. The molecular weight excluding hydrogens is 511 g/mol. The summed E-state index contributed by atoms with van der Waals surface area (Å²) in [5.41, 5.74) is 8.49. The van der Waals surface area contributed by atoms with Gasteiger partial charge in [-0.1, -0.05) is 23.2 Å². The molecule has 0 aliphatic rings. The van der Waals surface area contributed by atoms with Crippen molar-refractivity contribution in [3.05, 3.63) is 107 Å². The van der Waals surface area contributed by atoms with E-state index in [9.17, 15) is 18.4 Å². The minimum Gasteiger partial charge on any atom is -0.397 e. The summed E-state index contributed by atoms with van der Waals surface area (Å²) >= 11 is 11.5. The molecule has 2 heterocycles. The Morgan fingerprint density at radius 2 is 1.11 bits per heavy atom. The molecule has 0 unspecified atom stereocenters. The van der Waals surface area contributed by atoms with Gasteiger partial charge in [0.25, 0.3) is 11.1 Å². The van der Waals surface area contributed by atoms with Gasteiger partial charge < -0.3 is 5.73 Å². The molecule has 0 spiro atoms. The van der Waals surface area contributed by atoms with Crippen LogP contribution in [0.25, 0.3) is 11.4 Å². The van der Waals surface area contributed by atoms with Gasteiger partial charge in [0, 0.05) is 16.1 Å². The van der Waals surface area contributed by atoms with Crippen LogP contribution in [0.5, 0.6) is 0 Å². The Labute approximate surface area is 215 Å². The monoisotopic (exact) mass is 533 g/mol. The third-order valence-electron chi connectivity index (χ3n) is 5.69. The number of hydrogen-bond acceptors (Lipinski definition) is 5. The number of hydrogen-bond donors (Lipinski definition) is 1. The van der Waals surface area contributed by atoms with Gasteiger partial charge in [-0.15, -0.1) is 0 Å². The van der Waals surface area contributed by atoms with E-state index in [1.54, 1.807) is 40.8 Å². The summed E-state index contributed by atoms with van der Waals surface area (Å²) in [6.07, 6.45) is 3.04. The van der Waals surface area contributed by atoms with Crippen LogP contribution in [0, 0.1) is 46.3 Å². The molecule has 2 aromatic heterocycles. The van der Waals surface area contributed by atoms with Gasteiger partial charge in [0.2, 0.25) is 0 Å². The highest BCUT2D eigenvalue weighted by Crippen LogP contribution is 2.24. The smallest absolute Gasteiger partial charge is 0.274 e. The normalized spacial score (nSPS) is 10.7. The van der Waals surface area contributed by atoms with E-state index in [-0.39, 0.29) is 33.2 Å². The number of nitrogen functional groups attached to an aromatic ring is 1. The van der Waals surface area contributed by atoms with E-state index in [4.69, 9.17) is 28.9 Å². The molecule has 0 radical (unpaired) electrons. The quantitative estimate of drug-likeness (QED) is 0.358. The predicted molar refractivity (Wildman–Crippen MR) is 138 cm³/mol. The van der Waals surface area contributed by atoms with Crippen molar-refractivity contribution >= 4 is 28.9 Å². The standard InChI is InChI=1S/C13H12ClFN2O.C12H11ClFN3O/c1-7-4-12(11(15)5-10(7)14)17-13(18)9(3)8(2)6-16-17;1-6-5-16-17(12(18)7(6)2)11-4-10(15)8(13)3-9(11)14/h4-6H,1-3H3;3-5H,15H2,1-2H3. The third kappa shape index (κ3) is 5.32. The molecule has 0 atom stereocenters. The van der Waals surface area contributed by atoms with Crippen LogP contribution in [0.3, 0.4) is 0 Å². The zero-order valence-corrected chi connectivity index (χ0v) is 21.7. The molecular formula is C25H23Cl2F2N5O2. The summed E-state index contributed by atoms with van der Waals surface area (Å²) in [7, 11) is 0. The second kappa shape index (κ2) is 10.6. The minimum atomic E-state index is -0.646. The summed E-state index contributed by atoms with van der Waals surface area (Å²) in [6.45, 7) is 8.65. The van der Waals surface area contributed by atoms with Gasteiger partial charge in [0.05, 0.1) is 23.1 Å². The Bertz CT molecular complexity index is 1480. The van der Waals surface area contributed by atoms with Crippen molar-refractivity contribution in [1.29, 1.82) is 0 Å². The highest BCUT2D eigenvalue weighted by Gasteiger charge is 2.14. The maximum absolute atomic E-state index is 13.8. The molecule has 2 aromatic carbocycles. The lowest BCUT2D eigenvalue weighted by molar-refractivity contribution is 0.603. The van der Waals surface area contributed by atoms with E-state index < -0.39 is 11.6 Å². The average Bonchev–Trinajstić information content (AvgIpc) is 2.82. The predicted octanol–water partition coefficient (Wildman–Crippen LogP) is 5.17. The highest BCUT2D eigenvalue weighted by molar-refractivity contribution is 6.33. The fourth-order valence-corrected chi connectivity index (χ4v) is 3.41. The van der Waals surface area contributed by atoms with Crippen LogP contribution in [0.2, 0.25) is 10.0 Å². The third-order valence-corrected chi connectivity index (χ3v) is 6.43. The molecule has 0 saturated heterocycles. The van der Waals surface area contributed by atoms with Crippen molar-refractivity contribution in [3.63, 3.8) is 0 Å². The van der Waals surface area contributed by atoms with Crippen LogP contribution in [0.1, 0.15) is 27.8 Å². The number of halogens is 4. The lowest BCUT2D eigenvalue weighted by Gasteiger charge is -2.09. The molecule has 0 aliphatic carbocycles. The van der Waals surface area contributed by atoms with Crippen LogP contribution in [-0.4, -0.2) is 19.6 Å². The molecule has 0 amide bonds. The Hall–Kier alpha value is -3.56. The van der Waals surface area contributed by atoms with Gasteiger partial charge in [0.1, 0.15) is 11.4 Å². The van der Waals surface area contributed by atoms with Crippen molar-refractivity contribution < 1.29 is 8.78 Å². The van der Waals surface area contributed by atoms with Crippen molar-refractivity contribution in [3.8, 4) is 11.4 Å². The lowest BCUT2D eigenvalue weighted by Crippen LogP contribution is -2.25. The molecule has 7 nitrogen and oxygen atoms in total. The Morgan fingerprint density at radius 3 is 1.58 bits per heavy atom. The fraction of sp³-hybridized carbons (Fsp3) is 0.200. The van der Waals surface area contributed by atoms with Gasteiger partial charge >= 0.3 is 0 Å². The van der Waals surface area contributed by atoms with Crippen LogP contribution >= 0.6 is 23.2 Å². The molecule has 2 N–H and O–H groups in total. The molecule has 4 rings (SSSR count). The average molecular weight is 534 g/mol. The summed E-state index contributed by atoms with van der Waals surface area (Å²) in [4.78, 5) is 24.0. The summed E-state index contributed by atoms with van der Waals surface area (Å²) < 4.78 is 29.7. The Morgan fingerprint density at radius 1 is 0.694 bits per heavy atom.